The van der Waals surface area contributed by atoms with Crippen molar-refractivity contribution in [3.63, 3.8) is 0 Å². The Hall–Kier alpha value is -2.70. The summed E-state index contributed by atoms with van der Waals surface area (Å²) in [6.07, 6.45) is 4.81. The number of nitrogens with zero attached hydrogens (tertiary/aromatic N) is 2. The van der Waals surface area contributed by atoms with Gasteiger partial charge in [-0.1, -0.05) is 12.1 Å². The van der Waals surface area contributed by atoms with Crippen molar-refractivity contribution in [1.82, 2.24) is 20.4 Å². The molecule has 2 aromatic rings. The van der Waals surface area contributed by atoms with E-state index in [1.54, 1.807) is 12.3 Å². The summed E-state index contributed by atoms with van der Waals surface area (Å²) in [5.74, 6) is -0.776. The molecular weight excluding hydrogens is 347 g/mol. The molecule has 1 aromatic heterocycles. The van der Waals surface area contributed by atoms with Crippen LogP contribution in [0, 0.1) is 11.7 Å². The number of aromatic amines is 1. The predicted molar refractivity (Wildman–Crippen MR) is 98.3 cm³/mol. The van der Waals surface area contributed by atoms with Gasteiger partial charge in [0.1, 0.15) is 11.7 Å². The van der Waals surface area contributed by atoms with Crippen LogP contribution >= 0.6 is 0 Å². The lowest BCUT2D eigenvalue weighted by Crippen LogP contribution is -2.48. The smallest absolute Gasteiger partial charge is 0.235 e. The first-order valence-corrected chi connectivity index (χ1v) is 9.49. The molecule has 6 nitrogen and oxygen atoms in total. The number of nitrogens with one attached hydrogen (secondary N) is 2. The maximum Gasteiger partial charge on any atom is 0.235 e. The van der Waals surface area contributed by atoms with Gasteiger partial charge in [-0.05, 0) is 43.4 Å². The normalized spacial score (nSPS) is 21.1. The lowest BCUT2D eigenvalue weighted by atomic mass is 9.88. The average Bonchev–Trinajstić information content (AvgIpc) is 3.18. The number of likely N-dealkylation sites (tertiary alicyclic amines) is 1. The second-order valence-electron chi connectivity index (χ2n) is 7.29. The van der Waals surface area contributed by atoms with Crippen LogP contribution in [0.2, 0.25) is 0 Å². The summed E-state index contributed by atoms with van der Waals surface area (Å²) in [7, 11) is 0. The molecule has 0 unspecified atom stereocenters. The molecule has 0 spiro atoms. The maximum absolute atomic E-state index is 13.6. The monoisotopic (exact) mass is 370 g/mol. The van der Waals surface area contributed by atoms with E-state index in [0.29, 0.717) is 26.1 Å². The molecule has 0 aliphatic carbocycles. The summed E-state index contributed by atoms with van der Waals surface area (Å²) in [5, 5.41) is 10.0. The number of aromatic nitrogens is 2. The molecule has 2 saturated heterocycles. The Kier molecular flexibility index (Phi) is 4.92. The zero-order chi connectivity index (χ0) is 18.8. The second kappa shape index (κ2) is 7.50. The van der Waals surface area contributed by atoms with Crippen molar-refractivity contribution < 1.29 is 14.0 Å². The van der Waals surface area contributed by atoms with Crippen LogP contribution in [0.15, 0.2) is 30.5 Å². The highest BCUT2D eigenvalue weighted by Gasteiger charge is 2.35. The molecule has 2 aliphatic rings. The van der Waals surface area contributed by atoms with Crippen molar-refractivity contribution in [1.29, 1.82) is 0 Å². The first-order chi connectivity index (χ1) is 13.1. The number of halogens is 1. The highest BCUT2D eigenvalue weighted by atomic mass is 19.1. The highest BCUT2D eigenvalue weighted by molar-refractivity contribution is 6.00. The highest BCUT2D eigenvalue weighted by Crippen LogP contribution is 2.34. The fourth-order valence-corrected chi connectivity index (χ4v) is 4.11. The van der Waals surface area contributed by atoms with Gasteiger partial charge in [0.25, 0.3) is 0 Å². The van der Waals surface area contributed by atoms with Gasteiger partial charge in [-0.2, -0.15) is 5.10 Å². The van der Waals surface area contributed by atoms with Crippen LogP contribution in [0.4, 0.5) is 4.39 Å². The summed E-state index contributed by atoms with van der Waals surface area (Å²) in [5.41, 5.74) is 2.70. The number of carbonyl (C=O) groups is 2. The lowest BCUT2D eigenvalue weighted by molar-refractivity contribution is -0.144. The van der Waals surface area contributed by atoms with Crippen LogP contribution in [-0.4, -0.2) is 46.5 Å². The van der Waals surface area contributed by atoms with Crippen molar-refractivity contribution in [3.8, 4) is 11.1 Å². The predicted octanol–water partition coefficient (Wildman–Crippen LogP) is 2.45. The largest absolute Gasteiger partial charge is 0.355 e. The van der Waals surface area contributed by atoms with E-state index in [-0.39, 0.29) is 23.5 Å². The Balaban J connectivity index is 1.44. The summed E-state index contributed by atoms with van der Waals surface area (Å²) in [6, 6.07) is 6.50. The molecule has 1 aromatic carbocycles. The number of rotatable bonds is 3. The molecule has 142 valence electrons. The van der Waals surface area contributed by atoms with Gasteiger partial charge in [0.05, 0.1) is 6.20 Å². The van der Waals surface area contributed by atoms with Crippen LogP contribution in [-0.2, 0) is 9.59 Å². The minimum Gasteiger partial charge on any atom is -0.355 e. The Morgan fingerprint density at radius 3 is 2.78 bits per heavy atom. The Morgan fingerprint density at radius 2 is 2.04 bits per heavy atom. The van der Waals surface area contributed by atoms with Crippen LogP contribution in [0.1, 0.15) is 37.3 Å². The van der Waals surface area contributed by atoms with Gasteiger partial charge in [0.2, 0.25) is 11.8 Å². The van der Waals surface area contributed by atoms with E-state index in [2.05, 4.69) is 15.5 Å². The first-order valence-electron chi connectivity index (χ1n) is 9.49. The molecule has 0 radical (unpaired) electrons. The molecule has 2 amide bonds. The number of amides is 2. The van der Waals surface area contributed by atoms with E-state index in [4.69, 9.17) is 0 Å². The average molecular weight is 370 g/mol. The molecule has 7 heteroatoms. The Bertz CT molecular complexity index is 842. The number of carbonyl (C=O) groups excluding carboxylic acids is 2. The van der Waals surface area contributed by atoms with Gasteiger partial charge in [-0.3, -0.25) is 14.7 Å². The summed E-state index contributed by atoms with van der Waals surface area (Å²) >= 11 is 0. The van der Waals surface area contributed by atoms with Gasteiger partial charge in [0.15, 0.2) is 0 Å². The van der Waals surface area contributed by atoms with Crippen LogP contribution in [0.5, 0.6) is 0 Å². The quantitative estimate of drug-likeness (QED) is 0.815. The molecule has 0 bridgehead atoms. The number of hydrogen-bond acceptors (Lipinski definition) is 3. The van der Waals surface area contributed by atoms with Gasteiger partial charge >= 0.3 is 0 Å². The minimum atomic E-state index is -0.537. The van der Waals surface area contributed by atoms with Crippen molar-refractivity contribution in [2.45, 2.75) is 31.6 Å². The van der Waals surface area contributed by atoms with Crippen molar-refractivity contribution in [2.75, 3.05) is 19.6 Å². The van der Waals surface area contributed by atoms with Crippen molar-refractivity contribution >= 4 is 11.8 Å². The Labute approximate surface area is 157 Å². The number of hydrogen-bond donors (Lipinski definition) is 2. The van der Waals surface area contributed by atoms with E-state index in [9.17, 15) is 14.0 Å². The Morgan fingerprint density at radius 1 is 1.22 bits per heavy atom. The summed E-state index contributed by atoms with van der Waals surface area (Å²) < 4.78 is 13.6. The minimum absolute atomic E-state index is 0.0550. The van der Waals surface area contributed by atoms with E-state index < -0.39 is 5.92 Å². The molecule has 2 fully saturated rings. The third-order valence-electron chi connectivity index (χ3n) is 5.60. The standard InChI is InChI=1S/C20H23FN4O2/c21-15-4-1-3-14(11-15)17-12-23-24-18(17)13-6-9-25(10-7-13)20(27)16-5-2-8-22-19(16)26/h1,3-4,11-13,16H,2,5-10H2,(H,22,26)(H,23,24)/t16-/m0/s1. The fraction of sp³-hybridized carbons (Fsp3) is 0.450. The molecular formula is C20H23FN4O2. The molecule has 3 heterocycles. The fourth-order valence-electron chi connectivity index (χ4n) is 4.11. The maximum atomic E-state index is 13.6. The van der Waals surface area contributed by atoms with Gasteiger partial charge in [0, 0.05) is 36.8 Å². The first kappa shape index (κ1) is 17.7. The van der Waals surface area contributed by atoms with E-state index in [1.165, 1.54) is 12.1 Å². The lowest BCUT2D eigenvalue weighted by Gasteiger charge is -2.34. The SMILES string of the molecule is O=C1NCCC[C@@H]1C(=O)N1CCC(c2[nH]ncc2-c2cccc(F)c2)CC1. The third-order valence-corrected chi connectivity index (χ3v) is 5.60. The number of piperidine rings is 2. The van der Waals surface area contributed by atoms with E-state index >= 15 is 0 Å². The topological polar surface area (TPSA) is 78.1 Å². The molecule has 27 heavy (non-hydrogen) atoms. The molecule has 0 saturated carbocycles. The molecule has 4 rings (SSSR count). The molecule has 2 aliphatic heterocycles. The van der Waals surface area contributed by atoms with E-state index in [0.717, 1.165) is 36.1 Å². The van der Waals surface area contributed by atoms with E-state index in [1.807, 2.05) is 11.0 Å². The number of benzene rings is 1. The van der Waals surface area contributed by atoms with Gasteiger partial charge < -0.3 is 10.2 Å². The number of H-pyrrole nitrogens is 1. The molecule has 2 N–H and O–H groups in total. The third kappa shape index (κ3) is 3.59. The zero-order valence-corrected chi connectivity index (χ0v) is 15.1. The van der Waals surface area contributed by atoms with Crippen LogP contribution in [0.25, 0.3) is 11.1 Å². The zero-order valence-electron chi connectivity index (χ0n) is 15.1. The van der Waals surface area contributed by atoms with Gasteiger partial charge in [-0.25, -0.2) is 4.39 Å². The molecule has 1 atom stereocenters. The van der Waals surface area contributed by atoms with Crippen molar-refractivity contribution in [2.24, 2.45) is 5.92 Å². The second-order valence-corrected chi connectivity index (χ2v) is 7.29. The van der Waals surface area contributed by atoms with Crippen LogP contribution in [0.3, 0.4) is 0 Å². The van der Waals surface area contributed by atoms with Gasteiger partial charge in [-0.15, -0.1) is 0 Å². The van der Waals surface area contributed by atoms with Crippen LogP contribution < -0.4 is 5.32 Å². The summed E-state index contributed by atoms with van der Waals surface area (Å²) in [4.78, 5) is 26.5. The van der Waals surface area contributed by atoms with Crippen molar-refractivity contribution in [3.05, 3.63) is 42.0 Å². The summed E-state index contributed by atoms with van der Waals surface area (Å²) in [6.45, 7) is 1.90.